The molecule has 0 spiro atoms. The first-order valence-corrected chi connectivity index (χ1v) is 11.8. The summed E-state index contributed by atoms with van der Waals surface area (Å²) in [5.74, 6) is 0.997. The van der Waals surface area contributed by atoms with Gasteiger partial charge in [-0.3, -0.25) is 4.79 Å². The first kappa shape index (κ1) is 21.6. The van der Waals surface area contributed by atoms with E-state index >= 15 is 0 Å². The van der Waals surface area contributed by atoms with Crippen LogP contribution in [0, 0.1) is 46.3 Å². The fourth-order valence-corrected chi connectivity index (χ4v) is 8.68. The molecule has 4 rings (SSSR count). The Hall–Kier alpha value is -0.650. The van der Waals surface area contributed by atoms with Crippen molar-refractivity contribution in [3.05, 3.63) is 0 Å². The smallest absolute Gasteiger partial charge is 0.303 e. The first-order chi connectivity index (χ1) is 13.6. The van der Waals surface area contributed by atoms with Gasteiger partial charge in [-0.15, -0.1) is 0 Å². The van der Waals surface area contributed by atoms with Gasteiger partial charge in [0.25, 0.3) is 0 Å². The summed E-state index contributed by atoms with van der Waals surface area (Å²) in [5, 5.41) is 42.0. The molecule has 5 nitrogen and oxygen atoms in total. The number of carboxylic acid groups (broad SMARTS) is 1. The Labute approximate surface area is 174 Å². The van der Waals surface area contributed by atoms with Gasteiger partial charge in [-0.2, -0.15) is 0 Å². The molecule has 0 bridgehead atoms. The molecule has 29 heavy (non-hydrogen) atoms. The summed E-state index contributed by atoms with van der Waals surface area (Å²) >= 11 is 0. The molecule has 0 amide bonds. The van der Waals surface area contributed by atoms with Crippen LogP contribution in [0.25, 0.3) is 0 Å². The highest BCUT2D eigenvalue weighted by atomic mass is 16.4. The van der Waals surface area contributed by atoms with E-state index in [2.05, 4.69) is 20.8 Å². The summed E-state index contributed by atoms with van der Waals surface area (Å²) < 4.78 is 0. The molecule has 0 aromatic rings. The summed E-state index contributed by atoms with van der Waals surface area (Å²) in [5.41, 5.74) is -0.143. The van der Waals surface area contributed by atoms with E-state index in [1.54, 1.807) is 0 Å². The molecule has 4 N–H and O–H groups in total. The topological polar surface area (TPSA) is 98.0 Å². The Morgan fingerprint density at radius 2 is 1.76 bits per heavy atom. The molecule has 4 aliphatic carbocycles. The summed E-state index contributed by atoms with van der Waals surface area (Å²) in [7, 11) is 0. The first-order valence-electron chi connectivity index (χ1n) is 11.8. The van der Waals surface area contributed by atoms with Gasteiger partial charge < -0.3 is 20.4 Å². The molecule has 4 saturated carbocycles. The number of carbonyl (C=O) groups is 1. The number of rotatable bonds is 4. The van der Waals surface area contributed by atoms with Gasteiger partial charge in [0.15, 0.2) is 0 Å². The lowest BCUT2D eigenvalue weighted by atomic mass is 9.43. The molecule has 0 heterocycles. The predicted molar refractivity (Wildman–Crippen MR) is 110 cm³/mol. The third-order valence-electron chi connectivity index (χ3n) is 10.3. The normalized spacial score (nSPS) is 52.9. The van der Waals surface area contributed by atoms with Crippen molar-refractivity contribution in [2.75, 3.05) is 0 Å². The highest BCUT2D eigenvalue weighted by Gasteiger charge is 2.65. The van der Waals surface area contributed by atoms with Crippen molar-refractivity contribution >= 4 is 5.97 Å². The minimum absolute atomic E-state index is 0.0957. The summed E-state index contributed by atoms with van der Waals surface area (Å²) in [6.07, 6.45) is 6.00. The average Bonchev–Trinajstić information content (AvgIpc) is 3.01. The number of fused-ring (bicyclic) bond motifs is 5. The van der Waals surface area contributed by atoms with Gasteiger partial charge in [0, 0.05) is 6.42 Å². The monoisotopic (exact) mass is 408 g/mol. The van der Waals surface area contributed by atoms with Crippen LogP contribution >= 0.6 is 0 Å². The van der Waals surface area contributed by atoms with Gasteiger partial charge in [-0.05, 0) is 97.7 Å². The molecule has 0 aliphatic heterocycles. The molecular weight excluding hydrogens is 368 g/mol. The number of hydrogen-bond acceptors (Lipinski definition) is 4. The zero-order chi connectivity index (χ0) is 21.1. The van der Waals surface area contributed by atoms with Gasteiger partial charge in [0.1, 0.15) is 0 Å². The van der Waals surface area contributed by atoms with E-state index in [9.17, 15) is 20.1 Å². The third kappa shape index (κ3) is 3.27. The molecule has 0 aromatic carbocycles. The summed E-state index contributed by atoms with van der Waals surface area (Å²) in [4.78, 5) is 11.1. The molecule has 166 valence electrons. The molecule has 5 heteroatoms. The van der Waals surface area contributed by atoms with Crippen LogP contribution in [0.2, 0.25) is 0 Å². The average molecular weight is 409 g/mol. The Bertz CT molecular complexity index is 637. The summed E-state index contributed by atoms with van der Waals surface area (Å²) in [6, 6.07) is 0. The van der Waals surface area contributed by atoms with Crippen molar-refractivity contribution in [3.8, 4) is 0 Å². The molecule has 0 radical (unpaired) electrons. The van der Waals surface area contributed by atoms with Gasteiger partial charge in [-0.25, -0.2) is 0 Å². The largest absolute Gasteiger partial charge is 0.481 e. The van der Waals surface area contributed by atoms with Gasteiger partial charge in [-0.1, -0.05) is 20.8 Å². The van der Waals surface area contributed by atoms with Crippen LogP contribution in [-0.2, 0) is 4.79 Å². The lowest BCUT2D eigenvalue weighted by Gasteiger charge is -2.63. The van der Waals surface area contributed by atoms with E-state index < -0.39 is 12.1 Å². The maximum atomic E-state index is 11.5. The van der Waals surface area contributed by atoms with Crippen molar-refractivity contribution in [3.63, 3.8) is 0 Å². The Balaban J connectivity index is 1.61. The van der Waals surface area contributed by atoms with Crippen molar-refractivity contribution in [1.82, 2.24) is 0 Å². The van der Waals surface area contributed by atoms with Crippen molar-refractivity contribution < 1.29 is 25.2 Å². The lowest BCUT2D eigenvalue weighted by Crippen LogP contribution is -2.62. The number of aliphatic hydroxyl groups is 3. The van der Waals surface area contributed by atoms with Gasteiger partial charge >= 0.3 is 5.97 Å². The van der Waals surface area contributed by atoms with E-state index in [0.717, 1.165) is 44.9 Å². The van der Waals surface area contributed by atoms with Crippen molar-refractivity contribution in [2.45, 2.75) is 96.9 Å². The van der Waals surface area contributed by atoms with Crippen LogP contribution < -0.4 is 0 Å². The summed E-state index contributed by atoms with van der Waals surface area (Å²) in [6.45, 7) is 6.72. The van der Waals surface area contributed by atoms with Crippen LogP contribution in [0.5, 0.6) is 0 Å². The van der Waals surface area contributed by atoms with Crippen molar-refractivity contribution in [2.24, 2.45) is 46.3 Å². The SMILES string of the molecule is C[C@@H](CCC(=O)O)[C@@H]1CC[C@@H]2[C@H]3[C@H](O)C[C@H]4C[C@@H](O)CC[C@]4(C)[C@@H]3C[C@@H](O)[C@@]21C. The minimum Gasteiger partial charge on any atom is -0.481 e. The molecular formula is C24H40O5. The molecule has 4 fully saturated rings. The Morgan fingerprint density at radius 3 is 2.45 bits per heavy atom. The van der Waals surface area contributed by atoms with Crippen LogP contribution in [0.4, 0.5) is 0 Å². The van der Waals surface area contributed by atoms with E-state index in [1.165, 1.54) is 0 Å². The molecule has 11 atom stereocenters. The molecule has 0 unspecified atom stereocenters. The van der Waals surface area contributed by atoms with Gasteiger partial charge in [0.05, 0.1) is 18.3 Å². The highest BCUT2D eigenvalue weighted by molar-refractivity contribution is 5.66. The number of aliphatic carboxylic acids is 1. The zero-order valence-corrected chi connectivity index (χ0v) is 18.3. The standard InChI is InChI=1S/C24H40O5/c1-13(4-7-21(28)29)16-5-6-17-22-18(12-20(27)24(16,17)3)23(2)9-8-15(25)10-14(23)11-19(22)26/h13-20,22,25-27H,4-12H2,1-3H3,(H,28,29)/t13-,14+,15-,16-,17+,18+,19+,20+,22+,23-,24+/m0/s1. The van der Waals surface area contributed by atoms with Crippen LogP contribution in [-0.4, -0.2) is 44.7 Å². The second-order valence-corrected chi connectivity index (χ2v) is 11.4. The second kappa shape index (κ2) is 7.49. The van der Waals surface area contributed by atoms with Crippen LogP contribution in [0.15, 0.2) is 0 Å². The van der Waals surface area contributed by atoms with E-state index in [4.69, 9.17) is 5.11 Å². The van der Waals surface area contributed by atoms with Gasteiger partial charge in [0.2, 0.25) is 0 Å². The second-order valence-electron chi connectivity index (χ2n) is 11.4. The van der Waals surface area contributed by atoms with E-state index in [-0.39, 0.29) is 41.3 Å². The molecule has 0 saturated heterocycles. The van der Waals surface area contributed by atoms with Crippen LogP contribution in [0.1, 0.15) is 78.6 Å². The number of aliphatic hydroxyl groups excluding tert-OH is 3. The fourth-order valence-electron chi connectivity index (χ4n) is 8.68. The van der Waals surface area contributed by atoms with E-state index in [0.29, 0.717) is 30.1 Å². The van der Waals surface area contributed by atoms with Crippen molar-refractivity contribution in [1.29, 1.82) is 0 Å². The zero-order valence-electron chi connectivity index (χ0n) is 18.3. The van der Waals surface area contributed by atoms with E-state index in [1.807, 2.05) is 0 Å². The lowest BCUT2D eigenvalue weighted by molar-refractivity contribution is -0.207. The Kier molecular flexibility index (Phi) is 5.57. The molecule has 4 aliphatic rings. The maximum Gasteiger partial charge on any atom is 0.303 e. The Morgan fingerprint density at radius 1 is 1.03 bits per heavy atom. The van der Waals surface area contributed by atoms with Crippen LogP contribution in [0.3, 0.4) is 0 Å². The predicted octanol–water partition coefficient (Wildman–Crippen LogP) is 3.45. The number of hydrogen-bond donors (Lipinski definition) is 4. The minimum atomic E-state index is -0.748. The fraction of sp³-hybridized carbons (Fsp3) is 0.958. The third-order valence-corrected chi connectivity index (χ3v) is 10.3. The highest BCUT2D eigenvalue weighted by Crippen LogP contribution is 2.68. The number of carboxylic acids is 1. The molecule has 0 aromatic heterocycles. The quantitative estimate of drug-likeness (QED) is 0.571. The maximum absolute atomic E-state index is 11.5.